The molecule has 0 saturated heterocycles. The van der Waals surface area contributed by atoms with Crippen molar-refractivity contribution < 1.29 is 28.9 Å². The maximum absolute atomic E-state index is 12.2. The van der Waals surface area contributed by atoms with Crippen molar-refractivity contribution in [2.45, 2.75) is 0 Å². The van der Waals surface area contributed by atoms with E-state index in [1.54, 1.807) is 0 Å². The molecule has 0 saturated carbocycles. The number of nitro groups is 2. The minimum absolute atomic E-state index is 0.105. The minimum atomic E-state index is -1.08. The number of ether oxygens (including phenoxy) is 2. The summed E-state index contributed by atoms with van der Waals surface area (Å²) in [5, 5.41) is 21.7. The standard InChI is InChI=1S/C15H10N2O8/c1-24-13-3-2-9(8-18)4-14(13)25-15(19)10-5-11(16(20)21)7-12(6-10)17(22)23/h2-8H,1H3. The van der Waals surface area contributed by atoms with Crippen molar-refractivity contribution in [2.75, 3.05) is 7.11 Å². The van der Waals surface area contributed by atoms with Crippen molar-refractivity contribution in [3.8, 4) is 11.5 Å². The molecule has 0 aromatic heterocycles. The first-order chi connectivity index (χ1) is 11.8. The number of carbonyl (C=O) groups is 2. The average molecular weight is 346 g/mol. The number of non-ortho nitro benzene ring substituents is 2. The van der Waals surface area contributed by atoms with E-state index in [-0.39, 0.29) is 22.6 Å². The Hall–Kier alpha value is -3.82. The SMILES string of the molecule is COc1ccc(C=O)cc1OC(=O)c1cc([N+](=O)[O-])cc([N+](=O)[O-])c1. The van der Waals surface area contributed by atoms with E-state index in [9.17, 15) is 29.8 Å². The Morgan fingerprint density at radius 1 is 1.00 bits per heavy atom. The van der Waals surface area contributed by atoms with Crippen molar-refractivity contribution in [3.63, 3.8) is 0 Å². The lowest BCUT2D eigenvalue weighted by Gasteiger charge is -2.09. The van der Waals surface area contributed by atoms with E-state index < -0.39 is 27.2 Å². The Morgan fingerprint density at radius 3 is 2.08 bits per heavy atom. The van der Waals surface area contributed by atoms with Gasteiger partial charge in [0.25, 0.3) is 11.4 Å². The third kappa shape index (κ3) is 3.93. The van der Waals surface area contributed by atoms with Crippen LogP contribution in [0, 0.1) is 20.2 Å². The smallest absolute Gasteiger partial charge is 0.344 e. The van der Waals surface area contributed by atoms with Crippen LogP contribution >= 0.6 is 0 Å². The fourth-order valence-corrected chi connectivity index (χ4v) is 1.93. The molecule has 2 aromatic carbocycles. The summed E-state index contributed by atoms with van der Waals surface area (Å²) in [6, 6.07) is 6.49. The maximum Gasteiger partial charge on any atom is 0.344 e. The molecule has 0 radical (unpaired) electrons. The van der Waals surface area contributed by atoms with Gasteiger partial charge >= 0.3 is 5.97 Å². The number of esters is 1. The third-order valence-corrected chi connectivity index (χ3v) is 3.09. The zero-order chi connectivity index (χ0) is 18.6. The zero-order valence-electron chi connectivity index (χ0n) is 12.7. The van der Waals surface area contributed by atoms with Crippen LogP contribution in [-0.4, -0.2) is 29.2 Å². The van der Waals surface area contributed by atoms with Gasteiger partial charge in [-0.15, -0.1) is 0 Å². The van der Waals surface area contributed by atoms with Gasteiger partial charge < -0.3 is 9.47 Å². The van der Waals surface area contributed by atoms with Gasteiger partial charge in [0.2, 0.25) is 0 Å². The van der Waals surface area contributed by atoms with Gasteiger partial charge in [-0.2, -0.15) is 0 Å². The van der Waals surface area contributed by atoms with Crippen molar-refractivity contribution in [2.24, 2.45) is 0 Å². The van der Waals surface area contributed by atoms with Gasteiger partial charge in [0.15, 0.2) is 11.5 Å². The van der Waals surface area contributed by atoms with E-state index in [1.807, 2.05) is 0 Å². The normalized spacial score (nSPS) is 9.96. The highest BCUT2D eigenvalue weighted by atomic mass is 16.6. The first-order valence-electron chi connectivity index (χ1n) is 6.65. The minimum Gasteiger partial charge on any atom is -0.493 e. The molecule has 0 aliphatic heterocycles. The number of nitrogens with zero attached hydrogens (tertiary/aromatic N) is 2. The van der Waals surface area contributed by atoms with Crippen LogP contribution in [0.5, 0.6) is 11.5 Å². The number of carbonyl (C=O) groups excluding carboxylic acids is 2. The number of nitro benzene ring substituents is 2. The summed E-state index contributed by atoms with van der Waals surface area (Å²) in [6.45, 7) is 0. The van der Waals surface area contributed by atoms with Gasteiger partial charge in [-0.05, 0) is 18.2 Å². The number of benzene rings is 2. The van der Waals surface area contributed by atoms with Crippen LogP contribution in [0.1, 0.15) is 20.7 Å². The molecule has 0 unspecified atom stereocenters. The first kappa shape index (κ1) is 17.5. The Bertz CT molecular complexity index is 846. The lowest BCUT2D eigenvalue weighted by molar-refractivity contribution is -0.394. The van der Waals surface area contributed by atoms with Crippen LogP contribution in [-0.2, 0) is 0 Å². The van der Waals surface area contributed by atoms with Crippen LogP contribution in [0.2, 0.25) is 0 Å². The number of hydrogen-bond acceptors (Lipinski definition) is 8. The maximum atomic E-state index is 12.2. The first-order valence-corrected chi connectivity index (χ1v) is 6.65. The van der Waals surface area contributed by atoms with E-state index in [0.717, 1.165) is 18.2 Å². The zero-order valence-corrected chi connectivity index (χ0v) is 12.7. The van der Waals surface area contributed by atoms with Crippen LogP contribution in [0.4, 0.5) is 11.4 Å². The number of hydrogen-bond donors (Lipinski definition) is 0. The van der Waals surface area contributed by atoms with Gasteiger partial charge in [-0.25, -0.2) is 4.79 Å². The molecule has 0 atom stereocenters. The molecule has 0 N–H and O–H groups in total. The average Bonchev–Trinajstić information content (AvgIpc) is 2.60. The van der Waals surface area contributed by atoms with E-state index >= 15 is 0 Å². The van der Waals surface area contributed by atoms with Crippen LogP contribution < -0.4 is 9.47 Å². The molecule has 10 nitrogen and oxygen atoms in total. The summed E-state index contributed by atoms with van der Waals surface area (Å²) >= 11 is 0. The van der Waals surface area contributed by atoms with E-state index in [2.05, 4.69) is 0 Å². The van der Waals surface area contributed by atoms with Gasteiger partial charge in [-0.3, -0.25) is 25.0 Å². The molecule has 0 fully saturated rings. The highest BCUT2D eigenvalue weighted by Crippen LogP contribution is 2.29. The molecular weight excluding hydrogens is 336 g/mol. The van der Waals surface area contributed by atoms with Crippen LogP contribution in [0.15, 0.2) is 36.4 Å². The van der Waals surface area contributed by atoms with Crippen molar-refractivity contribution in [1.82, 2.24) is 0 Å². The predicted molar refractivity (Wildman–Crippen MR) is 83.1 cm³/mol. The molecule has 0 bridgehead atoms. The van der Waals surface area contributed by atoms with Gasteiger partial charge in [-0.1, -0.05) is 0 Å². The number of methoxy groups -OCH3 is 1. The molecule has 0 aliphatic carbocycles. The molecule has 128 valence electrons. The Balaban J connectivity index is 2.43. The fourth-order valence-electron chi connectivity index (χ4n) is 1.93. The summed E-state index contributed by atoms with van der Waals surface area (Å²) in [6.07, 6.45) is 0.523. The second-order valence-electron chi connectivity index (χ2n) is 4.67. The Morgan fingerprint density at radius 2 is 1.60 bits per heavy atom. The van der Waals surface area contributed by atoms with Crippen molar-refractivity contribution in [3.05, 3.63) is 67.8 Å². The molecule has 25 heavy (non-hydrogen) atoms. The molecule has 0 heterocycles. The lowest BCUT2D eigenvalue weighted by atomic mass is 10.1. The summed E-state index contributed by atoms with van der Waals surface area (Å²) in [7, 11) is 1.31. The fraction of sp³-hybridized carbons (Fsp3) is 0.0667. The van der Waals surface area contributed by atoms with Gasteiger partial charge in [0, 0.05) is 17.7 Å². The number of rotatable bonds is 6. The monoisotopic (exact) mass is 346 g/mol. The van der Waals surface area contributed by atoms with Gasteiger partial charge in [0.05, 0.1) is 28.6 Å². The highest BCUT2D eigenvalue weighted by Gasteiger charge is 2.22. The van der Waals surface area contributed by atoms with Crippen molar-refractivity contribution >= 4 is 23.6 Å². The summed E-state index contributed by atoms with van der Waals surface area (Å²) in [5.74, 6) is -1.04. The molecule has 2 rings (SSSR count). The molecular formula is C15H10N2O8. The number of aldehydes is 1. The lowest BCUT2D eigenvalue weighted by Crippen LogP contribution is -2.10. The van der Waals surface area contributed by atoms with E-state index in [0.29, 0.717) is 6.29 Å². The van der Waals surface area contributed by atoms with Crippen LogP contribution in [0.3, 0.4) is 0 Å². The third-order valence-electron chi connectivity index (χ3n) is 3.09. The van der Waals surface area contributed by atoms with E-state index in [1.165, 1.54) is 25.3 Å². The molecule has 0 amide bonds. The predicted octanol–water partition coefficient (Wildman–Crippen LogP) is 2.54. The van der Waals surface area contributed by atoms with Crippen molar-refractivity contribution in [1.29, 1.82) is 0 Å². The molecule has 2 aromatic rings. The Labute approximate surface area is 139 Å². The molecule has 0 spiro atoms. The second-order valence-corrected chi connectivity index (χ2v) is 4.67. The quantitative estimate of drug-likeness (QED) is 0.255. The largest absolute Gasteiger partial charge is 0.493 e. The second kappa shape index (κ2) is 7.17. The molecule has 0 aliphatic rings. The summed E-state index contributed by atoms with van der Waals surface area (Å²) in [5.41, 5.74) is -1.45. The highest BCUT2D eigenvalue weighted by molar-refractivity contribution is 5.93. The topological polar surface area (TPSA) is 139 Å². The van der Waals surface area contributed by atoms with Crippen LogP contribution in [0.25, 0.3) is 0 Å². The van der Waals surface area contributed by atoms with E-state index in [4.69, 9.17) is 9.47 Å². The summed E-state index contributed by atoms with van der Waals surface area (Å²) < 4.78 is 10.1. The van der Waals surface area contributed by atoms with Gasteiger partial charge in [0.1, 0.15) is 6.29 Å². The summed E-state index contributed by atoms with van der Waals surface area (Å²) in [4.78, 5) is 43.0. The molecule has 10 heteroatoms. The Kier molecular flexibility index (Phi) is 5.03.